The molecule has 1 aromatic heterocycles. The van der Waals surface area contributed by atoms with Gasteiger partial charge in [-0.2, -0.15) is 0 Å². The second kappa shape index (κ2) is 6.82. The molecule has 7 heteroatoms. The third-order valence-electron chi connectivity index (χ3n) is 4.86. The van der Waals surface area contributed by atoms with Crippen LogP contribution in [0.2, 0.25) is 0 Å². The Morgan fingerprint density at radius 2 is 2.15 bits per heavy atom. The van der Waals surface area contributed by atoms with Crippen molar-refractivity contribution >= 4 is 5.91 Å². The first-order chi connectivity index (χ1) is 12.6. The number of nitrogens with one attached hydrogen (secondary N) is 1. The van der Waals surface area contributed by atoms with Crippen LogP contribution >= 0.6 is 0 Å². The lowest BCUT2D eigenvalue weighted by molar-refractivity contribution is -0.131. The van der Waals surface area contributed by atoms with Crippen molar-refractivity contribution in [3.05, 3.63) is 51.7 Å². The van der Waals surface area contributed by atoms with Crippen LogP contribution in [0.4, 0.5) is 0 Å². The van der Waals surface area contributed by atoms with Crippen molar-refractivity contribution in [1.82, 2.24) is 14.9 Å². The first kappa shape index (κ1) is 16.6. The summed E-state index contributed by atoms with van der Waals surface area (Å²) >= 11 is 0. The summed E-state index contributed by atoms with van der Waals surface area (Å²) in [6.45, 7) is 3.33. The van der Waals surface area contributed by atoms with Crippen LogP contribution in [0.1, 0.15) is 35.8 Å². The molecule has 4 rings (SSSR count). The van der Waals surface area contributed by atoms with E-state index in [9.17, 15) is 9.59 Å². The van der Waals surface area contributed by atoms with Crippen LogP contribution in [0.5, 0.6) is 11.5 Å². The van der Waals surface area contributed by atoms with Crippen LogP contribution in [-0.4, -0.2) is 40.7 Å². The van der Waals surface area contributed by atoms with E-state index in [0.717, 1.165) is 36.4 Å². The molecule has 0 radical (unpaired) electrons. The number of carbonyl (C=O) groups is 1. The van der Waals surface area contributed by atoms with E-state index < -0.39 is 0 Å². The number of carbonyl (C=O) groups excluding carboxylic acids is 1. The largest absolute Gasteiger partial charge is 0.454 e. The van der Waals surface area contributed by atoms with Gasteiger partial charge in [0.2, 0.25) is 12.7 Å². The molecule has 1 saturated heterocycles. The summed E-state index contributed by atoms with van der Waals surface area (Å²) < 4.78 is 10.7. The number of aromatic nitrogens is 2. The highest BCUT2D eigenvalue weighted by atomic mass is 16.7. The fourth-order valence-electron chi connectivity index (χ4n) is 3.59. The normalized spacial score (nSPS) is 18.8. The Morgan fingerprint density at radius 3 is 3.00 bits per heavy atom. The predicted molar refractivity (Wildman–Crippen MR) is 94.4 cm³/mol. The minimum absolute atomic E-state index is 0.0788. The fraction of sp³-hybridized carbons (Fsp3) is 0.421. The molecule has 1 atom stereocenters. The maximum Gasteiger partial charge on any atom is 0.251 e. The van der Waals surface area contributed by atoms with E-state index in [0.29, 0.717) is 24.5 Å². The van der Waals surface area contributed by atoms with Crippen LogP contribution < -0.4 is 15.0 Å². The number of aromatic amines is 1. The molecule has 2 aliphatic rings. The number of amides is 1. The Hall–Kier alpha value is -2.83. The Balaban J connectivity index is 1.45. The standard InChI is InChI=1S/C19H21N3O4/c1-12-20-15(9-18(23)21-12)14-3-2-6-22(10-14)19(24)8-13-4-5-16-17(7-13)26-11-25-16/h4-5,7,9,14H,2-3,6,8,10-11H2,1H3,(H,20,21,23). The number of H-pyrrole nitrogens is 1. The zero-order valence-electron chi connectivity index (χ0n) is 14.7. The van der Waals surface area contributed by atoms with Crippen molar-refractivity contribution < 1.29 is 14.3 Å². The number of benzene rings is 1. The molecular weight excluding hydrogens is 334 g/mol. The number of aryl methyl sites for hydroxylation is 1. The molecule has 26 heavy (non-hydrogen) atoms. The second-order valence-electron chi connectivity index (χ2n) is 6.80. The van der Waals surface area contributed by atoms with Crippen molar-refractivity contribution in [3.8, 4) is 11.5 Å². The highest BCUT2D eigenvalue weighted by molar-refractivity contribution is 5.79. The molecule has 1 fully saturated rings. The number of likely N-dealkylation sites (tertiary alicyclic amines) is 1. The van der Waals surface area contributed by atoms with Crippen molar-refractivity contribution in [2.24, 2.45) is 0 Å². The van der Waals surface area contributed by atoms with Gasteiger partial charge in [0.05, 0.1) is 12.1 Å². The molecule has 1 unspecified atom stereocenters. The van der Waals surface area contributed by atoms with Gasteiger partial charge in [-0.1, -0.05) is 6.07 Å². The highest BCUT2D eigenvalue weighted by Gasteiger charge is 2.26. The van der Waals surface area contributed by atoms with Gasteiger partial charge in [-0.3, -0.25) is 9.59 Å². The number of piperidine rings is 1. The summed E-state index contributed by atoms with van der Waals surface area (Å²) in [6, 6.07) is 7.15. The van der Waals surface area contributed by atoms with Crippen molar-refractivity contribution in [1.29, 1.82) is 0 Å². The first-order valence-corrected chi connectivity index (χ1v) is 8.82. The molecule has 0 bridgehead atoms. The molecule has 1 N–H and O–H groups in total. The third-order valence-corrected chi connectivity index (χ3v) is 4.86. The zero-order chi connectivity index (χ0) is 18.1. The van der Waals surface area contributed by atoms with Gasteiger partial charge in [-0.15, -0.1) is 0 Å². The van der Waals surface area contributed by atoms with Gasteiger partial charge in [0.15, 0.2) is 11.5 Å². The minimum atomic E-state index is -0.142. The molecule has 0 spiro atoms. The van der Waals surface area contributed by atoms with E-state index in [-0.39, 0.29) is 24.2 Å². The lowest BCUT2D eigenvalue weighted by atomic mass is 9.94. The average Bonchev–Trinajstić information content (AvgIpc) is 3.09. The van der Waals surface area contributed by atoms with Gasteiger partial charge in [-0.05, 0) is 37.5 Å². The van der Waals surface area contributed by atoms with E-state index in [4.69, 9.17) is 9.47 Å². The number of rotatable bonds is 3. The van der Waals surface area contributed by atoms with Crippen LogP contribution in [0.3, 0.4) is 0 Å². The summed E-state index contributed by atoms with van der Waals surface area (Å²) in [7, 11) is 0. The lowest BCUT2D eigenvalue weighted by Gasteiger charge is -2.32. The Morgan fingerprint density at radius 1 is 1.31 bits per heavy atom. The first-order valence-electron chi connectivity index (χ1n) is 8.82. The maximum absolute atomic E-state index is 12.7. The molecule has 2 aromatic rings. The van der Waals surface area contributed by atoms with Gasteiger partial charge in [0.1, 0.15) is 5.82 Å². The maximum atomic E-state index is 12.7. The van der Waals surface area contributed by atoms with Crippen LogP contribution in [0.15, 0.2) is 29.1 Å². The molecule has 2 aliphatic heterocycles. The average molecular weight is 355 g/mol. The van der Waals surface area contributed by atoms with Gasteiger partial charge in [0.25, 0.3) is 5.56 Å². The third kappa shape index (κ3) is 3.42. The van der Waals surface area contributed by atoms with Crippen LogP contribution in [0, 0.1) is 6.92 Å². The van der Waals surface area contributed by atoms with E-state index >= 15 is 0 Å². The molecule has 7 nitrogen and oxygen atoms in total. The van der Waals surface area contributed by atoms with E-state index in [1.807, 2.05) is 23.1 Å². The topological polar surface area (TPSA) is 84.5 Å². The summed E-state index contributed by atoms with van der Waals surface area (Å²) in [4.78, 5) is 33.4. The van der Waals surface area contributed by atoms with Crippen molar-refractivity contribution in [3.63, 3.8) is 0 Å². The van der Waals surface area contributed by atoms with Crippen LogP contribution in [-0.2, 0) is 11.2 Å². The smallest absolute Gasteiger partial charge is 0.251 e. The van der Waals surface area contributed by atoms with Gasteiger partial charge < -0.3 is 19.4 Å². The lowest BCUT2D eigenvalue weighted by Crippen LogP contribution is -2.40. The number of nitrogens with zero attached hydrogens (tertiary/aromatic N) is 2. The predicted octanol–water partition coefficient (Wildman–Crippen LogP) is 1.76. The van der Waals surface area contributed by atoms with E-state index in [1.165, 1.54) is 0 Å². The SMILES string of the molecule is Cc1nc(C2CCCN(C(=O)Cc3ccc4c(c3)OCO4)C2)cc(=O)[nH]1. The Bertz CT molecular complexity index is 893. The van der Waals surface area contributed by atoms with E-state index in [2.05, 4.69) is 9.97 Å². The molecule has 0 saturated carbocycles. The molecule has 0 aliphatic carbocycles. The summed E-state index contributed by atoms with van der Waals surface area (Å²) in [5, 5.41) is 0. The Labute approximate surface area is 151 Å². The summed E-state index contributed by atoms with van der Waals surface area (Å²) in [5.41, 5.74) is 1.54. The van der Waals surface area contributed by atoms with Crippen LogP contribution in [0.25, 0.3) is 0 Å². The number of fused-ring (bicyclic) bond motifs is 1. The zero-order valence-corrected chi connectivity index (χ0v) is 14.7. The Kier molecular flexibility index (Phi) is 4.36. The molecule has 136 valence electrons. The molecule has 1 amide bonds. The monoisotopic (exact) mass is 355 g/mol. The van der Waals surface area contributed by atoms with Gasteiger partial charge >= 0.3 is 0 Å². The highest BCUT2D eigenvalue weighted by Crippen LogP contribution is 2.33. The van der Waals surface area contributed by atoms with Gasteiger partial charge in [-0.25, -0.2) is 4.98 Å². The van der Waals surface area contributed by atoms with E-state index in [1.54, 1.807) is 13.0 Å². The fourth-order valence-corrected chi connectivity index (χ4v) is 3.59. The quantitative estimate of drug-likeness (QED) is 0.907. The number of ether oxygens (including phenoxy) is 2. The van der Waals surface area contributed by atoms with Crippen molar-refractivity contribution in [2.75, 3.05) is 19.9 Å². The second-order valence-corrected chi connectivity index (χ2v) is 6.80. The van der Waals surface area contributed by atoms with Crippen molar-refractivity contribution in [2.45, 2.75) is 32.1 Å². The number of hydrogen-bond donors (Lipinski definition) is 1. The minimum Gasteiger partial charge on any atom is -0.454 e. The molecule has 3 heterocycles. The number of hydrogen-bond acceptors (Lipinski definition) is 5. The molecular formula is C19H21N3O4. The van der Waals surface area contributed by atoms with Gasteiger partial charge in [0, 0.05) is 25.1 Å². The summed E-state index contributed by atoms with van der Waals surface area (Å²) in [5.74, 6) is 2.20. The summed E-state index contributed by atoms with van der Waals surface area (Å²) in [6.07, 6.45) is 2.17. The molecule has 1 aromatic carbocycles.